The Morgan fingerprint density at radius 1 is 1.15 bits per heavy atom. The molecule has 7 nitrogen and oxygen atoms in total. The van der Waals surface area contributed by atoms with Crippen LogP contribution in [0.25, 0.3) is 0 Å². The van der Waals surface area contributed by atoms with Crippen molar-refractivity contribution in [3.8, 4) is 5.75 Å². The Hall–Kier alpha value is -3.14. The van der Waals surface area contributed by atoms with E-state index in [0.717, 1.165) is 34.8 Å². The average Bonchev–Trinajstić information content (AvgIpc) is 3.30. The summed E-state index contributed by atoms with van der Waals surface area (Å²) in [7, 11) is 1.59. The van der Waals surface area contributed by atoms with Crippen molar-refractivity contribution in [1.82, 2.24) is 5.43 Å². The van der Waals surface area contributed by atoms with Crippen LogP contribution in [0.3, 0.4) is 0 Å². The molecule has 0 bridgehead atoms. The Bertz CT molecular complexity index is 1100. The highest BCUT2D eigenvalue weighted by Gasteiger charge is 2.16. The summed E-state index contributed by atoms with van der Waals surface area (Å²) in [6.07, 6.45) is 2.28. The summed E-state index contributed by atoms with van der Waals surface area (Å²) in [5.41, 5.74) is 5.20. The number of amides is 2. The molecular weight excluding hydrogens is 458 g/mol. The van der Waals surface area contributed by atoms with Crippen molar-refractivity contribution in [1.29, 1.82) is 0 Å². The molecule has 33 heavy (non-hydrogen) atoms. The first-order chi connectivity index (χ1) is 16.1. The van der Waals surface area contributed by atoms with E-state index in [0.29, 0.717) is 16.1 Å². The highest BCUT2D eigenvalue weighted by Crippen LogP contribution is 2.24. The van der Waals surface area contributed by atoms with Gasteiger partial charge in [-0.1, -0.05) is 12.1 Å². The van der Waals surface area contributed by atoms with Gasteiger partial charge in [0, 0.05) is 17.9 Å². The van der Waals surface area contributed by atoms with Crippen LogP contribution in [0.1, 0.15) is 38.3 Å². The zero-order chi connectivity index (χ0) is 23.5. The summed E-state index contributed by atoms with van der Waals surface area (Å²) < 4.78 is 5.11. The monoisotopic (exact) mass is 483 g/mol. The van der Waals surface area contributed by atoms with Crippen molar-refractivity contribution in [3.63, 3.8) is 0 Å². The van der Waals surface area contributed by atoms with Gasteiger partial charge >= 0.3 is 0 Å². The maximum Gasteiger partial charge on any atom is 0.274 e. The molecule has 1 aromatic heterocycles. The summed E-state index contributed by atoms with van der Waals surface area (Å²) in [6, 6.07) is 16.3. The fraction of sp³-hybridized carbons (Fsp3) is 0.208. The number of nitrogens with zero attached hydrogens (tertiary/aromatic N) is 1. The van der Waals surface area contributed by atoms with Crippen LogP contribution in [0.4, 0.5) is 5.00 Å². The van der Waals surface area contributed by atoms with E-state index in [-0.39, 0.29) is 12.5 Å². The van der Waals surface area contributed by atoms with Crippen molar-refractivity contribution in [3.05, 3.63) is 82.2 Å². The second-order valence-corrected chi connectivity index (χ2v) is 8.94. The van der Waals surface area contributed by atoms with Crippen LogP contribution in [0.5, 0.6) is 5.75 Å². The first kappa shape index (κ1) is 24.5. The number of carbonyl (C=O) groups is 2. The molecule has 172 valence electrons. The van der Waals surface area contributed by atoms with Crippen molar-refractivity contribution in [2.45, 2.75) is 12.2 Å². The Labute approximate surface area is 200 Å². The van der Waals surface area contributed by atoms with Crippen LogP contribution in [0, 0.1) is 0 Å². The van der Waals surface area contributed by atoms with E-state index in [9.17, 15) is 9.59 Å². The number of hydrazone groups is 1. The van der Waals surface area contributed by atoms with E-state index < -0.39 is 5.91 Å². The average molecular weight is 484 g/mol. The topological polar surface area (TPSA) is 100 Å². The molecular formula is C24H25N3O4S2. The van der Waals surface area contributed by atoms with E-state index in [4.69, 9.17) is 9.84 Å². The lowest BCUT2D eigenvalue weighted by molar-refractivity contribution is 0.0956. The Morgan fingerprint density at radius 3 is 2.73 bits per heavy atom. The fourth-order valence-electron chi connectivity index (χ4n) is 2.83. The Kier molecular flexibility index (Phi) is 9.49. The molecule has 0 unspecified atom stereocenters. The molecule has 2 amide bonds. The molecule has 0 aliphatic heterocycles. The second-order valence-electron chi connectivity index (χ2n) is 6.92. The minimum absolute atomic E-state index is 0.180. The number of carbonyl (C=O) groups excluding carboxylic acids is 2. The smallest absolute Gasteiger partial charge is 0.274 e. The van der Waals surface area contributed by atoms with Crippen molar-refractivity contribution in [2.24, 2.45) is 5.10 Å². The molecule has 3 rings (SSSR count). The summed E-state index contributed by atoms with van der Waals surface area (Å²) in [4.78, 5) is 25.3. The fourth-order valence-corrected chi connectivity index (χ4v) is 4.51. The number of methoxy groups -OCH3 is 1. The maximum atomic E-state index is 12.8. The normalized spacial score (nSPS) is 10.8. The Morgan fingerprint density at radius 2 is 1.97 bits per heavy atom. The number of benzene rings is 2. The molecule has 0 aliphatic carbocycles. The molecule has 3 N–H and O–H groups in total. The first-order valence-electron chi connectivity index (χ1n) is 10.2. The molecule has 0 aliphatic rings. The van der Waals surface area contributed by atoms with Gasteiger partial charge in [-0.2, -0.15) is 16.9 Å². The lowest BCUT2D eigenvalue weighted by atomic mass is 10.1. The van der Waals surface area contributed by atoms with Gasteiger partial charge < -0.3 is 15.2 Å². The molecule has 0 atom stereocenters. The summed E-state index contributed by atoms with van der Waals surface area (Å²) >= 11 is 2.98. The highest BCUT2D eigenvalue weighted by atomic mass is 32.2. The van der Waals surface area contributed by atoms with E-state index in [1.165, 1.54) is 17.6 Å². The number of thioether (sulfide) groups is 1. The number of hydrogen-bond donors (Lipinski definition) is 3. The van der Waals surface area contributed by atoms with Crippen LogP contribution in [0.15, 0.2) is 65.1 Å². The van der Waals surface area contributed by atoms with Crippen LogP contribution >= 0.6 is 23.1 Å². The number of thiophene rings is 1. The molecule has 0 saturated heterocycles. The van der Waals surface area contributed by atoms with Crippen molar-refractivity contribution >= 4 is 46.1 Å². The molecule has 2 aromatic carbocycles. The standard InChI is InChI=1S/C24H25N3O4S2/c1-31-20-8-6-17(7-9-20)15-25-27-23(30)21-10-13-33-24(21)26-22(29)19-5-2-4-18(14-19)16-32-12-3-11-28/h2,4-10,13-15,28H,3,11-12,16H2,1H3,(H,26,29)(H,27,30)/b25-15+. The maximum absolute atomic E-state index is 12.8. The summed E-state index contributed by atoms with van der Waals surface area (Å²) in [6.45, 7) is 0.180. The number of aliphatic hydroxyl groups is 1. The molecule has 0 saturated carbocycles. The van der Waals surface area contributed by atoms with Crippen LogP contribution < -0.4 is 15.5 Å². The molecule has 0 radical (unpaired) electrons. The molecule has 0 spiro atoms. The van der Waals surface area contributed by atoms with Crippen molar-refractivity contribution in [2.75, 3.05) is 24.8 Å². The van der Waals surface area contributed by atoms with Crippen LogP contribution in [0.2, 0.25) is 0 Å². The number of anilines is 1. The molecule has 3 aromatic rings. The zero-order valence-corrected chi connectivity index (χ0v) is 19.7. The van der Waals surface area contributed by atoms with Crippen LogP contribution in [-0.2, 0) is 5.75 Å². The quantitative estimate of drug-likeness (QED) is 0.213. The highest BCUT2D eigenvalue weighted by molar-refractivity contribution is 7.98. The second kappa shape index (κ2) is 12.8. The minimum Gasteiger partial charge on any atom is -0.497 e. The van der Waals surface area contributed by atoms with Gasteiger partial charge in [0.1, 0.15) is 10.8 Å². The molecule has 9 heteroatoms. The van der Waals surface area contributed by atoms with E-state index in [1.807, 2.05) is 30.3 Å². The summed E-state index contributed by atoms with van der Waals surface area (Å²) in [5, 5.41) is 17.9. The van der Waals surface area contributed by atoms with E-state index in [1.54, 1.807) is 48.5 Å². The molecule has 1 heterocycles. The predicted octanol–water partition coefficient (Wildman–Crippen LogP) is 4.39. The number of nitrogens with one attached hydrogen (secondary N) is 2. The lowest BCUT2D eigenvalue weighted by Gasteiger charge is -2.07. The van der Waals surface area contributed by atoms with Gasteiger partial charge in [0.2, 0.25) is 0 Å². The zero-order valence-electron chi connectivity index (χ0n) is 18.1. The minimum atomic E-state index is -0.412. The largest absolute Gasteiger partial charge is 0.497 e. The number of hydrogen-bond acceptors (Lipinski definition) is 7. The van der Waals surface area contributed by atoms with Crippen molar-refractivity contribution < 1.29 is 19.4 Å². The summed E-state index contributed by atoms with van der Waals surface area (Å²) in [5.74, 6) is 1.67. The SMILES string of the molecule is COc1ccc(/C=N/NC(=O)c2ccsc2NC(=O)c2cccc(CSCCCO)c2)cc1. The van der Waals surface area contributed by atoms with E-state index >= 15 is 0 Å². The third-order valence-corrected chi connectivity index (χ3v) is 6.48. The third kappa shape index (κ3) is 7.45. The first-order valence-corrected chi connectivity index (χ1v) is 12.3. The number of rotatable bonds is 11. The van der Waals surface area contributed by atoms with E-state index in [2.05, 4.69) is 15.8 Å². The molecule has 0 fully saturated rings. The lowest BCUT2D eigenvalue weighted by Crippen LogP contribution is -2.20. The van der Waals surface area contributed by atoms with Gasteiger partial charge in [0.15, 0.2) is 0 Å². The predicted molar refractivity (Wildman–Crippen MR) is 135 cm³/mol. The van der Waals surface area contributed by atoms with Gasteiger partial charge in [-0.3, -0.25) is 9.59 Å². The van der Waals surface area contributed by atoms with Crippen LogP contribution in [-0.4, -0.2) is 42.6 Å². The number of ether oxygens (including phenoxy) is 1. The van der Waals surface area contributed by atoms with Gasteiger partial charge in [0.25, 0.3) is 11.8 Å². The third-order valence-electron chi connectivity index (χ3n) is 4.54. The van der Waals surface area contributed by atoms with Gasteiger partial charge in [0.05, 0.1) is 18.9 Å². The van der Waals surface area contributed by atoms with Gasteiger partial charge in [-0.25, -0.2) is 5.43 Å². The van der Waals surface area contributed by atoms with Gasteiger partial charge in [-0.05, 0) is 71.1 Å². The number of aliphatic hydroxyl groups excluding tert-OH is 1. The Balaban J connectivity index is 1.58. The van der Waals surface area contributed by atoms with Gasteiger partial charge in [-0.15, -0.1) is 11.3 Å².